The molecule has 7 heteroatoms. The van der Waals surface area contributed by atoms with Crippen LogP contribution in [0, 0.1) is 3.57 Å². The lowest BCUT2D eigenvalue weighted by Gasteiger charge is -2.34. The first-order chi connectivity index (χ1) is 12.1. The molecule has 0 radical (unpaired) electrons. The third kappa shape index (κ3) is 4.22. The molecule has 6 nitrogen and oxygen atoms in total. The number of nitrogens with one attached hydrogen (secondary N) is 2. The fraction of sp³-hybridized carbons (Fsp3) is 0.222. The van der Waals surface area contributed by atoms with Crippen LogP contribution >= 0.6 is 22.6 Å². The summed E-state index contributed by atoms with van der Waals surface area (Å²) < 4.78 is 6.79. The predicted molar refractivity (Wildman–Crippen MR) is 105 cm³/mol. The van der Waals surface area contributed by atoms with Gasteiger partial charge < -0.3 is 20.3 Å². The molecule has 1 heterocycles. The zero-order chi connectivity index (χ0) is 17.8. The number of rotatable bonds is 4. The van der Waals surface area contributed by atoms with E-state index in [0.717, 1.165) is 14.9 Å². The number of halogens is 1. The van der Waals surface area contributed by atoms with Crippen molar-refractivity contribution in [1.82, 2.24) is 5.32 Å². The molecule has 2 aromatic rings. The van der Waals surface area contributed by atoms with Crippen LogP contribution in [0.3, 0.4) is 0 Å². The highest BCUT2D eigenvalue weighted by molar-refractivity contribution is 14.1. The van der Waals surface area contributed by atoms with E-state index in [1.165, 1.54) is 0 Å². The maximum Gasteiger partial charge on any atom is 0.262 e. The molecule has 25 heavy (non-hydrogen) atoms. The van der Waals surface area contributed by atoms with E-state index in [1.54, 1.807) is 13.1 Å². The lowest BCUT2D eigenvalue weighted by Crippen LogP contribution is -2.50. The number of carbonyl (C=O) groups excluding carboxylic acids is 2. The number of benzene rings is 2. The number of fused-ring (bicyclic) bond motifs is 1. The Hall–Kier alpha value is -2.29. The number of anilines is 2. The lowest BCUT2D eigenvalue weighted by molar-refractivity contribution is -0.127. The van der Waals surface area contributed by atoms with E-state index in [4.69, 9.17) is 4.74 Å². The molecule has 2 aromatic carbocycles. The van der Waals surface area contributed by atoms with E-state index in [0.29, 0.717) is 12.3 Å². The quantitative estimate of drug-likeness (QED) is 0.700. The summed E-state index contributed by atoms with van der Waals surface area (Å²) >= 11 is 2.20. The summed E-state index contributed by atoms with van der Waals surface area (Å²) in [5.41, 5.74) is 1.56. The number of hydrogen-bond donors (Lipinski definition) is 2. The number of amides is 2. The molecule has 0 aliphatic carbocycles. The van der Waals surface area contributed by atoms with Gasteiger partial charge in [-0.25, -0.2) is 0 Å². The van der Waals surface area contributed by atoms with E-state index in [-0.39, 0.29) is 18.4 Å². The molecule has 1 atom stereocenters. The van der Waals surface area contributed by atoms with Gasteiger partial charge in [0.2, 0.25) is 5.91 Å². The minimum Gasteiger partial charge on any atom is -0.477 e. The van der Waals surface area contributed by atoms with Crippen molar-refractivity contribution < 1.29 is 14.3 Å². The highest BCUT2D eigenvalue weighted by Crippen LogP contribution is 2.32. The second kappa shape index (κ2) is 7.73. The molecule has 0 bridgehead atoms. The Balaban J connectivity index is 1.75. The first-order valence-corrected chi connectivity index (χ1v) is 8.92. The first-order valence-electron chi connectivity index (χ1n) is 7.84. The summed E-state index contributed by atoms with van der Waals surface area (Å²) in [7, 11) is 1.57. The molecule has 2 amide bonds. The van der Waals surface area contributed by atoms with Gasteiger partial charge in [-0.3, -0.25) is 9.59 Å². The number of carbonyl (C=O) groups is 2. The van der Waals surface area contributed by atoms with Gasteiger partial charge in [0.1, 0.15) is 5.75 Å². The van der Waals surface area contributed by atoms with Crippen LogP contribution < -0.4 is 20.3 Å². The van der Waals surface area contributed by atoms with Crippen molar-refractivity contribution in [2.75, 3.05) is 30.4 Å². The van der Waals surface area contributed by atoms with Gasteiger partial charge in [-0.2, -0.15) is 0 Å². The number of nitrogens with zero attached hydrogens (tertiary/aromatic N) is 1. The maximum atomic E-state index is 12.5. The topological polar surface area (TPSA) is 70.7 Å². The first kappa shape index (κ1) is 17.5. The van der Waals surface area contributed by atoms with Crippen molar-refractivity contribution in [3.63, 3.8) is 0 Å². The van der Waals surface area contributed by atoms with Crippen molar-refractivity contribution in [2.45, 2.75) is 6.10 Å². The summed E-state index contributed by atoms with van der Waals surface area (Å²) in [6, 6.07) is 15.0. The zero-order valence-electron chi connectivity index (χ0n) is 13.7. The van der Waals surface area contributed by atoms with Crippen molar-refractivity contribution in [3.05, 3.63) is 52.1 Å². The lowest BCUT2D eigenvalue weighted by atomic mass is 10.1. The van der Waals surface area contributed by atoms with Crippen LogP contribution in [-0.4, -0.2) is 38.1 Å². The second-order valence-electron chi connectivity index (χ2n) is 5.63. The Labute approximate surface area is 159 Å². The molecule has 0 saturated carbocycles. The molecule has 1 aliphatic heterocycles. The van der Waals surface area contributed by atoms with Crippen LogP contribution in [0.1, 0.15) is 0 Å². The third-order valence-corrected chi connectivity index (χ3v) is 4.51. The predicted octanol–water partition coefficient (Wildman–Crippen LogP) is 2.24. The van der Waals surface area contributed by atoms with Crippen LogP contribution in [0.4, 0.5) is 11.4 Å². The van der Waals surface area contributed by atoms with Crippen molar-refractivity contribution in [1.29, 1.82) is 0 Å². The monoisotopic (exact) mass is 451 g/mol. The number of para-hydroxylation sites is 2. The van der Waals surface area contributed by atoms with Gasteiger partial charge in [0.15, 0.2) is 6.10 Å². The van der Waals surface area contributed by atoms with Crippen LogP contribution in [0.15, 0.2) is 48.5 Å². The van der Waals surface area contributed by atoms with Gasteiger partial charge in [-0.15, -0.1) is 0 Å². The van der Waals surface area contributed by atoms with E-state index in [1.807, 2.05) is 47.4 Å². The molecule has 0 spiro atoms. The smallest absolute Gasteiger partial charge is 0.262 e. The molecule has 130 valence electrons. The van der Waals surface area contributed by atoms with E-state index in [9.17, 15) is 9.59 Å². The van der Waals surface area contributed by atoms with Crippen molar-refractivity contribution in [3.8, 4) is 5.75 Å². The van der Waals surface area contributed by atoms with Gasteiger partial charge in [-0.1, -0.05) is 18.2 Å². The van der Waals surface area contributed by atoms with Crippen molar-refractivity contribution >= 4 is 45.8 Å². The average Bonchev–Trinajstić information content (AvgIpc) is 2.60. The molecule has 0 aromatic heterocycles. The number of ether oxygens (including phenoxy) is 1. The van der Waals surface area contributed by atoms with Gasteiger partial charge >= 0.3 is 0 Å². The van der Waals surface area contributed by atoms with E-state index in [2.05, 4.69) is 33.2 Å². The van der Waals surface area contributed by atoms with Gasteiger partial charge in [-0.05, 0) is 52.9 Å². The Morgan fingerprint density at radius 1 is 1.24 bits per heavy atom. The van der Waals surface area contributed by atoms with Crippen molar-refractivity contribution in [2.24, 2.45) is 0 Å². The third-order valence-electron chi connectivity index (χ3n) is 3.84. The molecular weight excluding hydrogens is 433 g/mol. The Morgan fingerprint density at radius 2 is 2.04 bits per heavy atom. The largest absolute Gasteiger partial charge is 0.477 e. The van der Waals surface area contributed by atoms with E-state index >= 15 is 0 Å². The second-order valence-corrected chi connectivity index (χ2v) is 6.87. The molecule has 0 unspecified atom stereocenters. The summed E-state index contributed by atoms with van der Waals surface area (Å²) in [6.45, 7) is 0.454. The summed E-state index contributed by atoms with van der Waals surface area (Å²) in [5.74, 6) is 0.247. The Kier molecular flexibility index (Phi) is 5.42. The Bertz CT molecular complexity index is 797. The van der Waals surface area contributed by atoms with Crippen LogP contribution in [-0.2, 0) is 9.59 Å². The van der Waals surface area contributed by atoms with Crippen LogP contribution in [0.5, 0.6) is 5.75 Å². The van der Waals surface area contributed by atoms with Crippen LogP contribution in [0.25, 0.3) is 0 Å². The highest BCUT2D eigenvalue weighted by atomic mass is 127. The fourth-order valence-corrected chi connectivity index (χ4v) is 3.24. The minimum atomic E-state index is -0.648. The number of hydrogen-bond acceptors (Lipinski definition) is 4. The molecule has 2 N–H and O–H groups in total. The Morgan fingerprint density at radius 3 is 2.80 bits per heavy atom. The molecule has 0 saturated heterocycles. The number of likely N-dealkylation sites (N-methyl/N-ethyl adjacent to an activating group) is 1. The molecular formula is C18H18IN3O3. The normalized spacial score (nSPS) is 15.8. The fourth-order valence-electron chi connectivity index (χ4n) is 2.69. The molecule has 1 aliphatic rings. The van der Waals surface area contributed by atoms with Gasteiger partial charge in [0.05, 0.1) is 18.8 Å². The average molecular weight is 451 g/mol. The minimum absolute atomic E-state index is 0.138. The van der Waals surface area contributed by atoms with Gasteiger partial charge in [0.25, 0.3) is 5.91 Å². The summed E-state index contributed by atoms with van der Waals surface area (Å²) in [4.78, 5) is 26.3. The SMILES string of the molecule is CNC(=O)[C@@H]1CN(CC(=O)Nc2cccc(I)c2)c2ccccc2O1. The zero-order valence-corrected chi connectivity index (χ0v) is 15.8. The maximum absolute atomic E-state index is 12.5. The van der Waals surface area contributed by atoms with Gasteiger partial charge in [0, 0.05) is 16.3 Å². The van der Waals surface area contributed by atoms with Crippen LogP contribution in [0.2, 0.25) is 0 Å². The highest BCUT2D eigenvalue weighted by Gasteiger charge is 2.30. The molecule has 0 fully saturated rings. The van der Waals surface area contributed by atoms with E-state index < -0.39 is 6.10 Å². The summed E-state index contributed by atoms with van der Waals surface area (Å²) in [6.07, 6.45) is -0.648. The standard InChI is InChI=1S/C18H18IN3O3/c1-20-18(24)16-10-22(14-7-2-3-8-15(14)25-16)11-17(23)21-13-6-4-5-12(19)9-13/h2-9,16H,10-11H2,1H3,(H,20,24)(H,21,23)/t16-/m0/s1. The molecule has 3 rings (SSSR count). The summed E-state index contributed by atoms with van der Waals surface area (Å²) in [5, 5.41) is 5.49.